The first-order valence-corrected chi connectivity index (χ1v) is 11.6. The van der Waals surface area contributed by atoms with Gasteiger partial charge in [-0.25, -0.2) is 0 Å². The summed E-state index contributed by atoms with van der Waals surface area (Å²) in [6.45, 7) is 17.0. The van der Waals surface area contributed by atoms with Gasteiger partial charge in [0.1, 0.15) is 0 Å². The highest BCUT2D eigenvalue weighted by molar-refractivity contribution is 5.28. The maximum Gasteiger partial charge on any atom is 0.0681 e. The van der Waals surface area contributed by atoms with E-state index in [-0.39, 0.29) is 5.41 Å². The van der Waals surface area contributed by atoms with Gasteiger partial charge in [0.2, 0.25) is 0 Å². The van der Waals surface area contributed by atoms with Crippen LogP contribution in [0.2, 0.25) is 0 Å². The third-order valence-corrected chi connectivity index (χ3v) is 8.15. The van der Waals surface area contributed by atoms with Gasteiger partial charge in [-0.05, 0) is 88.4 Å². The first-order valence-electron chi connectivity index (χ1n) is 11.6. The van der Waals surface area contributed by atoms with E-state index >= 15 is 0 Å². The number of hydrogen-bond donors (Lipinski definition) is 1. The van der Waals surface area contributed by atoms with E-state index < -0.39 is 5.60 Å². The maximum absolute atomic E-state index is 11.1. The van der Waals surface area contributed by atoms with Crippen molar-refractivity contribution in [3.63, 3.8) is 0 Å². The molecular formula is C25H44O. The Kier molecular flexibility index (Phi) is 7.22. The first-order chi connectivity index (χ1) is 12.5. The molecular weight excluding hydrogens is 316 g/mol. The van der Waals surface area contributed by atoms with Gasteiger partial charge in [-0.15, -0.1) is 0 Å². The summed E-state index contributed by atoms with van der Waals surface area (Å²) >= 11 is 0. The van der Waals surface area contributed by atoms with Crippen LogP contribution >= 0.6 is 0 Å². The predicted octanol–water partition coefficient (Wildman–Crippen LogP) is 7.31. The molecule has 26 heavy (non-hydrogen) atoms. The lowest BCUT2D eigenvalue weighted by molar-refractivity contribution is -0.102. The third-order valence-electron chi connectivity index (χ3n) is 8.15. The average Bonchev–Trinajstić information content (AvgIpc) is 2.95. The van der Waals surface area contributed by atoms with Gasteiger partial charge >= 0.3 is 0 Å². The lowest BCUT2D eigenvalue weighted by atomic mass is 9.48. The lowest BCUT2D eigenvalue weighted by Crippen LogP contribution is -2.53. The molecule has 4 aliphatic rings. The van der Waals surface area contributed by atoms with Gasteiger partial charge in [0.25, 0.3) is 0 Å². The largest absolute Gasteiger partial charge is 0.390 e. The normalized spacial score (nSPS) is 43.5. The second-order valence-electron chi connectivity index (χ2n) is 8.81. The molecule has 4 rings (SSSR count). The fourth-order valence-electron chi connectivity index (χ4n) is 7.11. The highest BCUT2D eigenvalue weighted by Gasteiger charge is 2.62. The second kappa shape index (κ2) is 8.63. The van der Waals surface area contributed by atoms with Crippen molar-refractivity contribution in [2.75, 3.05) is 0 Å². The van der Waals surface area contributed by atoms with Crippen molar-refractivity contribution >= 4 is 0 Å². The number of aliphatic hydroxyl groups is 1. The summed E-state index contributed by atoms with van der Waals surface area (Å²) in [4.78, 5) is 0. The van der Waals surface area contributed by atoms with Crippen molar-refractivity contribution in [1.82, 2.24) is 0 Å². The van der Waals surface area contributed by atoms with Crippen LogP contribution in [0.3, 0.4) is 0 Å². The molecule has 0 heterocycles. The Morgan fingerprint density at radius 2 is 1.85 bits per heavy atom. The standard InChI is InChI=1S/C21H32O.2C2H6/c1-4-21-13-14(2)19-16-8-6-5-7-15(16)9-10-17(19)18(21)11-12-20(21,3)22;2*1-2/h7,16-19,22H,2,4-6,8-13H2,1,3H3;2*1-2H3/t16?,17?,18-,19+,20-,21?;;/m0../s1. The molecule has 4 aliphatic carbocycles. The molecule has 0 aromatic carbocycles. The van der Waals surface area contributed by atoms with Gasteiger partial charge in [0, 0.05) is 5.41 Å². The molecule has 0 amide bonds. The lowest BCUT2D eigenvalue weighted by Gasteiger charge is -2.57. The van der Waals surface area contributed by atoms with Gasteiger partial charge in [0.15, 0.2) is 0 Å². The van der Waals surface area contributed by atoms with Crippen LogP contribution in [0, 0.1) is 29.1 Å². The molecule has 1 nitrogen and oxygen atoms in total. The van der Waals surface area contributed by atoms with E-state index in [0.29, 0.717) is 0 Å². The number of allylic oxidation sites excluding steroid dienone is 3. The maximum atomic E-state index is 11.1. The Labute approximate surface area is 163 Å². The summed E-state index contributed by atoms with van der Waals surface area (Å²) in [6.07, 6.45) is 13.7. The van der Waals surface area contributed by atoms with Gasteiger partial charge in [-0.1, -0.05) is 58.4 Å². The highest BCUT2D eigenvalue weighted by atomic mass is 16.3. The average molecular weight is 361 g/mol. The molecule has 3 fully saturated rings. The smallest absolute Gasteiger partial charge is 0.0681 e. The summed E-state index contributed by atoms with van der Waals surface area (Å²) in [5.41, 5.74) is 2.86. The summed E-state index contributed by atoms with van der Waals surface area (Å²) in [5, 5.41) is 11.1. The molecule has 0 aliphatic heterocycles. The quantitative estimate of drug-likeness (QED) is 0.486. The Bertz CT molecular complexity index is 514. The Hall–Kier alpha value is -0.560. The van der Waals surface area contributed by atoms with Crippen molar-refractivity contribution in [3.8, 4) is 0 Å². The molecule has 0 aromatic rings. The van der Waals surface area contributed by atoms with Gasteiger partial charge in [-0.2, -0.15) is 0 Å². The second-order valence-corrected chi connectivity index (χ2v) is 8.81. The molecule has 0 bridgehead atoms. The number of rotatable bonds is 1. The van der Waals surface area contributed by atoms with Gasteiger partial charge in [-0.3, -0.25) is 0 Å². The molecule has 150 valence electrons. The van der Waals surface area contributed by atoms with Crippen LogP contribution in [0.4, 0.5) is 0 Å². The van der Waals surface area contributed by atoms with E-state index in [0.717, 1.165) is 42.9 Å². The van der Waals surface area contributed by atoms with E-state index in [2.05, 4.69) is 26.5 Å². The van der Waals surface area contributed by atoms with Crippen molar-refractivity contribution in [2.24, 2.45) is 29.1 Å². The molecule has 0 aromatic heterocycles. The summed E-state index contributed by atoms with van der Waals surface area (Å²) < 4.78 is 0. The minimum Gasteiger partial charge on any atom is -0.390 e. The summed E-state index contributed by atoms with van der Waals surface area (Å²) in [6, 6.07) is 0. The fourth-order valence-corrected chi connectivity index (χ4v) is 7.11. The molecule has 3 unspecified atom stereocenters. The summed E-state index contributed by atoms with van der Waals surface area (Å²) in [5.74, 6) is 3.03. The summed E-state index contributed by atoms with van der Waals surface area (Å²) in [7, 11) is 0. The van der Waals surface area contributed by atoms with Crippen LogP contribution < -0.4 is 0 Å². The molecule has 0 radical (unpaired) electrons. The molecule has 1 heteroatoms. The SMILES string of the molecule is C=C1CC2(CC)[C@@H](CC[C@]2(C)O)C2CCC3=CCCCC3[C@@H]12.CC.CC. The van der Waals surface area contributed by atoms with Crippen LogP contribution in [0.1, 0.15) is 99.3 Å². The van der Waals surface area contributed by atoms with Crippen molar-refractivity contribution in [3.05, 3.63) is 23.8 Å². The Morgan fingerprint density at radius 3 is 2.50 bits per heavy atom. The highest BCUT2D eigenvalue weighted by Crippen LogP contribution is 2.67. The van der Waals surface area contributed by atoms with Crippen LogP contribution in [-0.2, 0) is 0 Å². The first kappa shape index (κ1) is 21.7. The predicted molar refractivity (Wildman–Crippen MR) is 114 cm³/mol. The number of hydrogen-bond acceptors (Lipinski definition) is 1. The zero-order valence-corrected chi connectivity index (χ0v) is 18.4. The van der Waals surface area contributed by atoms with E-state index in [1.54, 1.807) is 5.57 Å². The van der Waals surface area contributed by atoms with Crippen LogP contribution in [0.15, 0.2) is 23.8 Å². The van der Waals surface area contributed by atoms with Crippen molar-refractivity contribution < 1.29 is 5.11 Å². The topological polar surface area (TPSA) is 20.2 Å². The Balaban J connectivity index is 0.000000570. The van der Waals surface area contributed by atoms with Crippen LogP contribution in [-0.4, -0.2) is 10.7 Å². The third kappa shape index (κ3) is 3.23. The van der Waals surface area contributed by atoms with Crippen molar-refractivity contribution in [1.29, 1.82) is 0 Å². The molecule has 6 atom stereocenters. The van der Waals surface area contributed by atoms with Gasteiger partial charge < -0.3 is 5.11 Å². The minimum absolute atomic E-state index is 0.112. The van der Waals surface area contributed by atoms with Crippen molar-refractivity contribution in [2.45, 2.75) is 105 Å². The fraction of sp³-hybridized carbons (Fsp3) is 0.840. The molecule has 3 saturated carbocycles. The van der Waals surface area contributed by atoms with E-state index in [4.69, 9.17) is 0 Å². The van der Waals surface area contributed by atoms with E-state index in [9.17, 15) is 5.11 Å². The van der Waals surface area contributed by atoms with E-state index in [1.807, 2.05) is 27.7 Å². The number of fused-ring (bicyclic) bond motifs is 5. The van der Waals surface area contributed by atoms with Crippen LogP contribution in [0.25, 0.3) is 0 Å². The molecule has 1 N–H and O–H groups in total. The molecule has 0 saturated heterocycles. The van der Waals surface area contributed by atoms with Crippen LogP contribution in [0.5, 0.6) is 0 Å². The van der Waals surface area contributed by atoms with Gasteiger partial charge in [0.05, 0.1) is 5.60 Å². The zero-order chi connectivity index (χ0) is 19.5. The minimum atomic E-state index is -0.483. The monoisotopic (exact) mass is 360 g/mol. The molecule has 0 spiro atoms. The Morgan fingerprint density at radius 1 is 1.15 bits per heavy atom. The zero-order valence-electron chi connectivity index (χ0n) is 18.4. The van der Waals surface area contributed by atoms with E-state index in [1.165, 1.54) is 44.1 Å².